The van der Waals surface area contributed by atoms with Crippen LogP contribution in [0.4, 0.5) is 0 Å². The first-order chi connectivity index (χ1) is 7.81. The fourth-order valence-electron chi connectivity index (χ4n) is 1.81. The average Bonchev–Trinajstić information content (AvgIpc) is 2.80. The van der Waals surface area contributed by atoms with E-state index >= 15 is 0 Å². The van der Waals surface area contributed by atoms with Crippen molar-refractivity contribution >= 4 is 17.3 Å². The quantitative estimate of drug-likeness (QED) is 0.822. The number of thiazole rings is 1. The maximum atomic E-state index is 11.4. The van der Waals surface area contributed by atoms with Gasteiger partial charge >= 0.3 is 5.97 Å². The third-order valence-electron chi connectivity index (χ3n) is 2.61. The van der Waals surface area contributed by atoms with E-state index in [2.05, 4.69) is 10.3 Å². The van der Waals surface area contributed by atoms with Crippen molar-refractivity contribution in [2.24, 2.45) is 0 Å². The van der Waals surface area contributed by atoms with Crippen LogP contribution in [-0.4, -0.2) is 24.1 Å². The number of carbonyl (C=O) groups is 1. The van der Waals surface area contributed by atoms with Crippen LogP contribution < -0.4 is 5.32 Å². The normalized spacial score (nSPS) is 20.7. The lowest BCUT2D eigenvalue weighted by atomic mass is 10.1. The van der Waals surface area contributed by atoms with Gasteiger partial charge in [-0.1, -0.05) is 6.42 Å². The molecule has 1 aromatic rings. The van der Waals surface area contributed by atoms with Crippen LogP contribution in [0.2, 0.25) is 0 Å². The fraction of sp³-hybridized carbons (Fsp3) is 0.636. The van der Waals surface area contributed by atoms with Gasteiger partial charge in [-0.05, 0) is 26.3 Å². The minimum atomic E-state index is -0.319. The number of rotatable bonds is 3. The monoisotopic (exact) mass is 240 g/mol. The van der Waals surface area contributed by atoms with Crippen molar-refractivity contribution in [1.29, 1.82) is 0 Å². The molecule has 5 heteroatoms. The minimum Gasteiger partial charge on any atom is -0.461 e. The Labute approximate surface area is 99.0 Å². The highest BCUT2D eigenvalue weighted by molar-refractivity contribution is 7.09. The SMILES string of the molecule is CCOC(=O)c1csc(C2CCCCN2)n1. The highest BCUT2D eigenvalue weighted by atomic mass is 32.1. The Kier molecular flexibility index (Phi) is 3.90. The Morgan fingerprint density at radius 1 is 1.69 bits per heavy atom. The molecule has 0 bridgehead atoms. The van der Waals surface area contributed by atoms with Crippen molar-refractivity contribution in [3.63, 3.8) is 0 Å². The molecule has 0 saturated carbocycles. The second-order valence-corrected chi connectivity index (χ2v) is 4.68. The summed E-state index contributed by atoms with van der Waals surface area (Å²) < 4.78 is 4.91. The van der Waals surface area contributed by atoms with E-state index in [4.69, 9.17) is 4.74 Å². The molecule has 0 aromatic carbocycles. The van der Waals surface area contributed by atoms with Crippen LogP contribution in [0, 0.1) is 0 Å². The summed E-state index contributed by atoms with van der Waals surface area (Å²) in [6, 6.07) is 0.321. The first-order valence-corrected chi connectivity index (χ1v) is 6.55. The fourth-order valence-corrected chi connectivity index (χ4v) is 2.71. The predicted molar refractivity (Wildman–Crippen MR) is 62.7 cm³/mol. The molecule has 16 heavy (non-hydrogen) atoms. The molecule has 0 aliphatic carbocycles. The molecule has 2 rings (SSSR count). The number of nitrogens with one attached hydrogen (secondary N) is 1. The lowest BCUT2D eigenvalue weighted by Crippen LogP contribution is -2.26. The first kappa shape index (κ1) is 11.5. The Balaban J connectivity index is 2.03. The Bertz CT molecular complexity index is 359. The summed E-state index contributed by atoms with van der Waals surface area (Å²) in [5, 5.41) is 6.20. The first-order valence-electron chi connectivity index (χ1n) is 5.67. The second-order valence-electron chi connectivity index (χ2n) is 3.79. The van der Waals surface area contributed by atoms with Crippen LogP contribution in [0.3, 0.4) is 0 Å². The van der Waals surface area contributed by atoms with Gasteiger partial charge in [0.1, 0.15) is 5.01 Å². The average molecular weight is 240 g/mol. The highest BCUT2D eigenvalue weighted by Crippen LogP contribution is 2.25. The summed E-state index contributed by atoms with van der Waals surface area (Å²) >= 11 is 1.54. The predicted octanol–water partition coefficient (Wildman–Crippen LogP) is 2.13. The van der Waals surface area contributed by atoms with Gasteiger partial charge < -0.3 is 10.1 Å². The molecule has 1 atom stereocenters. The molecule has 88 valence electrons. The summed E-state index contributed by atoms with van der Waals surface area (Å²) in [4.78, 5) is 15.8. The van der Waals surface area contributed by atoms with E-state index in [-0.39, 0.29) is 5.97 Å². The van der Waals surface area contributed by atoms with Gasteiger partial charge in [-0.15, -0.1) is 11.3 Å². The molecule has 1 fully saturated rings. The number of nitrogens with zero attached hydrogens (tertiary/aromatic N) is 1. The number of hydrogen-bond donors (Lipinski definition) is 1. The van der Waals surface area contributed by atoms with Crippen LogP contribution in [-0.2, 0) is 4.74 Å². The van der Waals surface area contributed by atoms with Crippen LogP contribution in [0.25, 0.3) is 0 Å². The van der Waals surface area contributed by atoms with Crippen molar-refractivity contribution in [2.75, 3.05) is 13.2 Å². The van der Waals surface area contributed by atoms with E-state index in [1.165, 1.54) is 24.2 Å². The standard InChI is InChI=1S/C11H16N2O2S/c1-2-15-11(14)9-7-16-10(13-9)8-5-3-4-6-12-8/h7-8,12H,2-6H2,1H3. The van der Waals surface area contributed by atoms with E-state index in [0.29, 0.717) is 18.3 Å². The molecule has 1 saturated heterocycles. The third-order valence-corrected chi connectivity index (χ3v) is 3.57. The second kappa shape index (κ2) is 5.41. The van der Waals surface area contributed by atoms with Crippen molar-refractivity contribution < 1.29 is 9.53 Å². The number of carbonyl (C=O) groups excluding carboxylic acids is 1. The van der Waals surface area contributed by atoms with E-state index in [1.54, 1.807) is 12.3 Å². The topological polar surface area (TPSA) is 51.2 Å². The smallest absolute Gasteiger partial charge is 0.357 e. The molecule has 2 heterocycles. The molecule has 0 radical (unpaired) electrons. The molecule has 0 amide bonds. The van der Waals surface area contributed by atoms with Crippen LogP contribution >= 0.6 is 11.3 Å². The van der Waals surface area contributed by atoms with Gasteiger partial charge in [-0.25, -0.2) is 9.78 Å². The highest BCUT2D eigenvalue weighted by Gasteiger charge is 2.20. The maximum Gasteiger partial charge on any atom is 0.357 e. The number of piperidine rings is 1. The lowest BCUT2D eigenvalue weighted by Gasteiger charge is -2.21. The van der Waals surface area contributed by atoms with E-state index < -0.39 is 0 Å². The summed E-state index contributed by atoms with van der Waals surface area (Å²) in [6.45, 7) is 3.24. The molecule has 1 N–H and O–H groups in total. The molecule has 4 nitrogen and oxygen atoms in total. The molecule has 1 aliphatic rings. The van der Waals surface area contributed by atoms with Crippen LogP contribution in [0.15, 0.2) is 5.38 Å². The molecule has 1 aromatic heterocycles. The van der Waals surface area contributed by atoms with Crippen molar-refractivity contribution in [1.82, 2.24) is 10.3 Å². The van der Waals surface area contributed by atoms with Gasteiger partial charge in [-0.3, -0.25) is 0 Å². The largest absolute Gasteiger partial charge is 0.461 e. The van der Waals surface area contributed by atoms with Crippen molar-refractivity contribution in [3.05, 3.63) is 16.1 Å². The van der Waals surface area contributed by atoms with E-state index in [9.17, 15) is 4.79 Å². The number of aromatic nitrogens is 1. The molecule has 0 spiro atoms. The Morgan fingerprint density at radius 2 is 2.56 bits per heavy atom. The third kappa shape index (κ3) is 2.59. The summed E-state index contributed by atoms with van der Waals surface area (Å²) in [5.41, 5.74) is 0.439. The Hall–Kier alpha value is -0.940. The molecular weight excluding hydrogens is 224 g/mol. The molecule has 1 unspecified atom stereocenters. The minimum absolute atomic E-state index is 0.319. The van der Waals surface area contributed by atoms with Gasteiger partial charge in [0.05, 0.1) is 12.6 Å². The number of ether oxygens (including phenoxy) is 1. The van der Waals surface area contributed by atoms with Gasteiger partial charge in [0.15, 0.2) is 5.69 Å². The van der Waals surface area contributed by atoms with E-state index in [1.807, 2.05) is 0 Å². The Morgan fingerprint density at radius 3 is 3.25 bits per heavy atom. The maximum absolute atomic E-state index is 11.4. The number of esters is 1. The molecule has 1 aliphatic heterocycles. The van der Waals surface area contributed by atoms with Gasteiger partial charge in [-0.2, -0.15) is 0 Å². The van der Waals surface area contributed by atoms with Gasteiger partial charge in [0.2, 0.25) is 0 Å². The van der Waals surface area contributed by atoms with Gasteiger partial charge in [0.25, 0.3) is 0 Å². The zero-order valence-corrected chi connectivity index (χ0v) is 10.2. The number of hydrogen-bond acceptors (Lipinski definition) is 5. The summed E-state index contributed by atoms with van der Waals surface area (Å²) in [6.07, 6.45) is 3.56. The van der Waals surface area contributed by atoms with Crippen LogP contribution in [0.5, 0.6) is 0 Å². The van der Waals surface area contributed by atoms with Gasteiger partial charge in [0, 0.05) is 5.38 Å². The zero-order valence-electron chi connectivity index (χ0n) is 9.36. The van der Waals surface area contributed by atoms with Crippen molar-refractivity contribution in [2.45, 2.75) is 32.2 Å². The zero-order chi connectivity index (χ0) is 11.4. The molecular formula is C11H16N2O2S. The summed E-state index contributed by atoms with van der Waals surface area (Å²) in [7, 11) is 0. The van der Waals surface area contributed by atoms with E-state index in [0.717, 1.165) is 18.0 Å². The van der Waals surface area contributed by atoms with Crippen molar-refractivity contribution in [3.8, 4) is 0 Å². The summed E-state index contributed by atoms with van der Waals surface area (Å²) in [5.74, 6) is -0.319. The lowest BCUT2D eigenvalue weighted by molar-refractivity contribution is 0.0520. The van der Waals surface area contributed by atoms with Crippen LogP contribution in [0.1, 0.15) is 47.7 Å².